The fourth-order valence-corrected chi connectivity index (χ4v) is 2.70. The average Bonchev–Trinajstić information content (AvgIpc) is 2.95. The van der Waals surface area contributed by atoms with Crippen molar-refractivity contribution < 1.29 is 4.79 Å². The van der Waals surface area contributed by atoms with Gasteiger partial charge in [-0.3, -0.25) is 9.89 Å². The molecule has 2 rings (SSSR count). The van der Waals surface area contributed by atoms with Gasteiger partial charge in [-0.1, -0.05) is 0 Å². The molecule has 2 aromatic heterocycles. The third kappa shape index (κ3) is 3.54. The van der Waals surface area contributed by atoms with Gasteiger partial charge < -0.3 is 0 Å². The molecule has 5 nitrogen and oxygen atoms in total. The number of hydrazone groups is 1. The van der Waals surface area contributed by atoms with Crippen molar-refractivity contribution in [1.29, 1.82) is 0 Å². The van der Waals surface area contributed by atoms with Crippen LogP contribution in [0.25, 0.3) is 0 Å². The standard InChI is InChI=1S/C14H18N4OS/c1-9-6-7-20-13(9)8-15-18-14(19)5-4-12-10(2)16-17-11(12)3/h6-8H,4-5H2,1-3H3,(H,16,17)(H,18,19)/b15-8+. The van der Waals surface area contributed by atoms with E-state index in [-0.39, 0.29) is 5.91 Å². The van der Waals surface area contributed by atoms with Crippen LogP contribution in [0.2, 0.25) is 0 Å². The quantitative estimate of drug-likeness (QED) is 0.656. The molecule has 0 aliphatic rings. The van der Waals surface area contributed by atoms with E-state index in [1.807, 2.05) is 32.2 Å². The van der Waals surface area contributed by atoms with Gasteiger partial charge in [0, 0.05) is 17.0 Å². The lowest BCUT2D eigenvalue weighted by Gasteiger charge is -2.01. The van der Waals surface area contributed by atoms with Gasteiger partial charge in [-0.05, 0) is 49.8 Å². The van der Waals surface area contributed by atoms with Crippen LogP contribution in [0.4, 0.5) is 0 Å². The van der Waals surface area contributed by atoms with E-state index < -0.39 is 0 Å². The molecule has 0 aliphatic heterocycles. The highest BCUT2D eigenvalue weighted by atomic mass is 32.1. The molecule has 0 unspecified atom stereocenters. The van der Waals surface area contributed by atoms with Crippen LogP contribution in [0.3, 0.4) is 0 Å². The fraction of sp³-hybridized carbons (Fsp3) is 0.357. The molecular weight excluding hydrogens is 272 g/mol. The Morgan fingerprint density at radius 1 is 1.50 bits per heavy atom. The molecule has 0 atom stereocenters. The second-order valence-corrected chi connectivity index (χ2v) is 5.62. The fourth-order valence-electron chi connectivity index (χ4n) is 1.92. The number of amides is 1. The molecule has 0 saturated heterocycles. The smallest absolute Gasteiger partial charge is 0.240 e. The number of carbonyl (C=O) groups excluding carboxylic acids is 1. The van der Waals surface area contributed by atoms with Crippen LogP contribution in [0.15, 0.2) is 16.5 Å². The number of thiophene rings is 1. The van der Waals surface area contributed by atoms with Crippen LogP contribution in [0.1, 0.15) is 33.8 Å². The molecule has 2 aromatic rings. The van der Waals surface area contributed by atoms with Gasteiger partial charge in [-0.25, -0.2) is 5.43 Å². The number of aromatic amines is 1. The van der Waals surface area contributed by atoms with Crippen molar-refractivity contribution in [2.45, 2.75) is 33.6 Å². The third-order valence-electron chi connectivity index (χ3n) is 3.16. The molecule has 0 spiro atoms. The number of carbonyl (C=O) groups is 1. The summed E-state index contributed by atoms with van der Waals surface area (Å²) in [5, 5.41) is 13.0. The average molecular weight is 290 g/mol. The van der Waals surface area contributed by atoms with Crippen LogP contribution < -0.4 is 5.43 Å². The molecule has 2 N–H and O–H groups in total. The van der Waals surface area contributed by atoms with Gasteiger partial charge in [-0.15, -0.1) is 11.3 Å². The van der Waals surface area contributed by atoms with Gasteiger partial charge in [0.1, 0.15) is 0 Å². The van der Waals surface area contributed by atoms with Gasteiger partial charge >= 0.3 is 0 Å². The normalized spacial score (nSPS) is 11.2. The molecule has 1 amide bonds. The zero-order valence-corrected chi connectivity index (χ0v) is 12.7. The molecule has 106 valence electrons. The van der Waals surface area contributed by atoms with Crippen molar-refractivity contribution in [3.8, 4) is 0 Å². The third-order valence-corrected chi connectivity index (χ3v) is 4.11. The van der Waals surface area contributed by atoms with Crippen molar-refractivity contribution in [1.82, 2.24) is 15.6 Å². The van der Waals surface area contributed by atoms with Gasteiger partial charge in [0.25, 0.3) is 0 Å². The second kappa shape index (κ2) is 6.47. The largest absolute Gasteiger partial charge is 0.282 e. The summed E-state index contributed by atoms with van der Waals surface area (Å²) < 4.78 is 0. The topological polar surface area (TPSA) is 70.1 Å². The van der Waals surface area contributed by atoms with E-state index in [0.29, 0.717) is 12.8 Å². The lowest BCUT2D eigenvalue weighted by molar-refractivity contribution is -0.121. The molecular formula is C14H18N4OS. The molecule has 0 saturated carbocycles. The Morgan fingerprint density at radius 2 is 2.30 bits per heavy atom. The summed E-state index contributed by atoms with van der Waals surface area (Å²) in [6.07, 6.45) is 2.77. The zero-order chi connectivity index (χ0) is 14.5. The van der Waals surface area contributed by atoms with Crippen molar-refractivity contribution in [2.75, 3.05) is 0 Å². The van der Waals surface area contributed by atoms with E-state index in [2.05, 4.69) is 20.7 Å². The molecule has 0 bridgehead atoms. The van der Waals surface area contributed by atoms with Crippen LogP contribution in [0, 0.1) is 20.8 Å². The van der Waals surface area contributed by atoms with Gasteiger partial charge in [0.15, 0.2) is 0 Å². The molecule has 0 fully saturated rings. The van der Waals surface area contributed by atoms with Crippen LogP contribution >= 0.6 is 11.3 Å². The Hall–Kier alpha value is -1.95. The first-order chi connectivity index (χ1) is 9.58. The van der Waals surface area contributed by atoms with Gasteiger partial charge in [0.05, 0.1) is 11.9 Å². The van der Waals surface area contributed by atoms with Crippen LogP contribution in [-0.4, -0.2) is 22.3 Å². The highest BCUT2D eigenvalue weighted by molar-refractivity contribution is 7.11. The summed E-state index contributed by atoms with van der Waals surface area (Å²) in [6, 6.07) is 2.03. The van der Waals surface area contributed by atoms with Gasteiger partial charge in [0.2, 0.25) is 5.91 Å². The number of aryl methyl sites for hydroxylation is 3. The van der Waals surface area contributed by atoms with E-state index in [0.717, 1.165) is 27.4 Å². The first-order valence-corrected chi connectivity index (χ1v) is 7.32. The van der Waals surface area contributed by atoms with Crippen LogP contribution in [0.5, 0.6) is 0 Å². The van der Waals surface area contributed by atoms with Crippen molar-refractivity contribution in [3.05, 3.63) is 38.8 Å². The summed E-state index contributed by atoms with van der Waals surface area (Å²) in [5.74, 6) is -0.0875. The maximum Gasteiger partial charge on any atom is 0.240 e. The lowest BCUT2D eigenvalue weighted by atomic mass is 10.1. The van der Waals surface area contributed by atoms with Crippen molar-refractivity contribution in [2.24, 2.45) is 5.10 Å². The molecule has 0 aliphatic carbocycles. The number of H-pyrrole nitrogens is 1. The number of rotatable bonds is 5. The summed E-state index contributed by atoms with van der Waals surface area (Å²) in [5.41, 5.74) is 6.80. The SMILES string of the molecule is Cc1ccsc1/C=N/NC(=O)CCc1c(C)n[nH]c1C. The minimum absolute atomic E-state index is 0.0875. The number of nitrogens with zero attached hydrogens (tertiary/aromatic N) is 2. The minimum atomic E-state index is -0.0875. The molecule has 6 heteroatoms. The first kappa shape index (κ1) is 14.5. The van der Waals surface area contributed by atoms with E-state index in [1.54, 1.807) is 17.6 Å². The summed E-state index contributed by atoms with van der Waals surface area (Å²) in [7, 11) is 0. The summed E-state index contributed by atoms with van der Waals surface area (Å²) in [4.78, 5) is 12.8. The molecule has 20 heavy (non-hydrogen) atoms. The maximum absolute atomic E-state index is 11.7. The van der Waals surface area contributed by atoms with Crippen molar-refractivity contribution >= 4 is 23.5 Å². The number of nitrogens with one attached hydrogen (secondary N) is 2. The predicted octanol–water partition coefficient (Wildman–Crippen LogP) is 2.48. The zero-order valence-electron chi connectivity index (χ0n) is 11.9. The first-order valence-electron chi connectivity index (χ1n) is 6.44. The predicted molar refractivity (Wildman–Crippen MR) is 81.2 cm³/mol. The van der Waals surface area contributed by atoms with E-state index in [9.17, 15) is 4.79 Å². The Kier molecular flexibility index (Phi) is 4.68. The number of hydrogen-bond donors (Lipinski definition) is 2. The highest BCUT2D eigenvalue weighted by Crippen LogP contribution is 2.13. The minimum Gasteiger partial charge on any atom is -0.282 e. The Bertz CT molecular complexity index is 607. The maximum atomic E-state index is 11.7. The van der Waals surface area contributed by atoms with Gasteiger partial charge in [-0.2, -0.15) is 10.2 Å². The summed E-state index contributed by atoms with van der Waals surface area (Å²) >= 11 is 1.60. The van der Waals surface area contributed by atoms with Crippen LogP contribution in [-0.2, 0) is 11.2 Å². The Balaban J connectivity index is 1.82. The molecule has 0 radical (unpaired) electrons. The Morgan fingerprint density at radius 3 is 2.90 bits per heavy atom. The molecule has 0 aromatic carbocycles. The van der Waals surface area contributed by atoms with E-state index >= 15 is 0 Å². The number of aromatic nitrogens is 2. The molecule has 2 heterocycles. The highest BCUT2D eigenvalue weighted by Gasteiger charge is 2.08. The summed E-state index contributed by atoms with van der Waals surface area (Å²) in [6.45, 7) is 5.92. The second-order valence-electron chi connectivity index (χ2n) is 4.67. The van der Waals surface area contributed by atoms with Crippen molar-refractivity contribution in [3.63, 3.8) is 0 Å². The number of hydrogen-bond acceptors (Lipinski definition) is 4. The Labute approximate surface area is 122 Å². The lowest BCUT2D eigenvalue weighted by Crippen LogP contribution is -2.18. The van der Waals surface area contributed by atoms with E-state index in [4.69, 9.17) is 0 Å². The monoisotopic (exact) mass is 290 g/mol. The van der Waals surface area contributed by atoms with E-state index in [1.165, 1.54) is 0 Å².